The number of rotatable bonds is 1. The molecule has 0 radical (unpaired) electrons. The molecular formula is C19H20N4. The van der Waals surface area contributed by atoms with E-state index in [0.29, 0.717) is 0 Å². The fraction of sp³-hybridized carbons (Fsp3) is 0.158. The maximum absolute atomic E-state index is 6.12. The fourth-order valence-corrected chi connectivity index (χ4v) is 2.65. The first-order valence-electron chi connectivity index (χ1n) is 7.80. The van der Waals surface area contributed by atoms with Gasteiger partial charge in [-0.1, -0.05) is 26.0 Å². The quantitative estimate of drug-likeness (QED) is 0.527. The van der Waals surface area contributed by atoms with Gasteiger partial charge in [-0.15, -0.1) is 0 Å². The van der Waals surface area contributed by atoms with Crippen LogP contribution in [0.3, 0.4) is 0 Å². The summed E-state index contributed by atoms with van der Waals surface area (Å²) in [6.07, 6.45) is 7.50. The minimum absolute atomic E-state index is 0.797. The van der Waals surface area contributed by atoms with Crippen molar-refractivity contribution in [2.24, 2.45) is 0 Å². The first-order chi connectivity index (χ1) is 11.2. The van der Waals surface area contributed by atoms with Crippen molar-refractivity contribution in [1.29, 1.82) is 0 Å². The Kier molecular flexibility index (Phi) is 3.98. The molecule has 2 N–H and O–H groups in total. The summed E-state index contributed by atoms with van der Waals surface area (Å²) in [5.41, 5.74) is 9.04. The summed E-state index contributed by atoms with van der Waals surface area (Å²) in [6, 6.07) is 10.2. The number of hydrogen-bond donors (Lipinski definition) is 1. The van der Waals surface area contributed by atoms with E-state index in [4.69, 9.17) is 5.73 Å². The molecule has 0 saturated carbocycles. The van der Waals surface area contributed by atoms with Crippen LogP contribution in [0, 0.1) is 6.92 Å². The van der Waals surface area contributed by atoms with Crippen molar-refractivity contribution in [2.45, 2.75) is 20.8 Å². The molecule has 0 aliphatic heterocycles. The van der Waals surface area contributed by atoms with Crippen molar-refractivity contribution in [2.75, 3.05) is 5.73 Å². The molecule has 4 heteroatoms. The number of aryl methyl sites for hydroxylation is 1. The Hall–Kier alpha value is -2.88. The molecule has 4 aromatic rings. The Morgan fingerprint density at radius 3 is 2.65 bits per heavy atom. The highest BCUT2D eigenvalue weighted by Gasteiger charge is 2.07. The third kappa shape index (κ3) is 2.52. The molecule has 3 aromatic heterocycles. The van der Waals surface area contributed by atoms with Crippen molar-refractivity contribution < 1.29 is 0 Å². The summed E-state index contributed by atoms with van der Waals surface area (Å²) in [5.74, 6) is 0.869. The zero-order valence-corrected chi connectivity index (χ0v) is 13.6. The minimum atomic E-state index is 0.797. The van der Waals surface area contributed by atoms with Crippen molar-refractivity contribution in [3.05, 3.63) is 60.7 Å². The van der Waals surface area contributed by atoms with E-state index in [1.54, 1.807) is 6.20 Å². The van der Waals surface area contributed by atoms with Crippen LogP contribution in [-0.2, 0) is 0 Å². The normalized spacial score (nSPS) is 10.6. The second-order valence-electron chi connectivity index (χ2n) is 5.18. The summed E-state index contributed by atoms with van der Waals surface area (Å²) in [6.45, 7) is 6.01. The van der Waals surface area contributed by atoms with Crippen molar-refractivity contribution in [1.82, 2.24) is 14.5 Å². The molecule has 0 aliphatic rings. The van der Waals surface area contributed by atoms with Crippen LogP contribution in [-0.4, -0.2) is 14.5 Å². The Morgan fingerprint density at radius 1 is 1.00 bits per heavy atom. The van der Waals surface area contributed by atoms with E-state index in [9.17, 15) is 0 Å². The SMILES string of the molecule is CC.Cc1ccc2cc(-n3ccc4ccncc43)ncc2c1N. The highest BCUT2D eigenvalue weighted by molar-refractivity contribution is 5.94. The molecule has 4 rings (SSSR count). The average molecular weight is 304 g/mol. The molecule has 0 atom stereocenters. The number of nitrogen functional groups attached to an aromatic ring is 1. The lowest BCUT2D eigenvalue weighted by Crippen LogP contribution is -1.97. The van der Waals surface area contributed by atoms with Gasteiger partial charge in [0, 0.05) is 35.1 Å². The maximum atomic E-state index is 6.12. The molecule has 0 fully saturated rings. The van der Waals surface area contributed by atoms with Crippen LogP contribution in [0.15, 0.2) is 55.1 Å². The highest BCUT2D eigenvalue weighted by atomic mass is 15.1. The lowest BCUT2D eigenvalue weighted by Gasteiger charge is -2.08. The van der Waals surface area contributed by atoms with Gasteiger partial charge >= 0.3 is 0 Å². The molecule has 4 nitrogen and oxygen atoms in total. The van der Waals surface area contributed by atoms with E-state index in [-0.39, 0.29) is 0 Å². The number of aromatic nitrogens is 3. The van der Waals surface area contributed by atoms with Crippen LogP contribution in [0.1, 0.15) is 19.4 Å². The Balaban J connectivity index is 0.000000753. The Morgan fingerprint density at radius 2 is 1.83 bits per heavy atom. The van der Waals surface area contributed by atoms with Crippen LogP contribution in [0.25, 0.3) is 27.5 Å². The number of nitrogens with two attached hydrogens (primary N) is 1. The maximum Gasteiger partial charge on any atom is 0.137 e. The monoisotopic (exact) mass is 304 g/mol. The Labute approximate surface area is 135 Å². The number of anilines is 1. The van der Waals surface area contributed by atoms with Crippen LogP contribution in [0.5, 0.6) is 0 Å². The number of benzene rings is 1. The lowest BCUT2D eigenvalue weighted by molar-refractivity contribution is 1.05. The number of fused-ring (bicyclic) bond motifs is 2. The number of pyridine rings is 2. The number of hydrogen-bond acceptors (Lipinski definition) is 3. The predicted molar refractivity (Wildman–Crippen MR) is 96.9 cm³/mol. The van der Waals surface area contributed by atoms with E-state index < -0.39 is 0 Å². The molecule has 1 aromatic carbocycles. The van der Waals surface area contributed by atoms with Gasteiger partial charge in [0.05, 0.1) is 11.7 Å². The van der Waals surface area contributed by atoms with Crippen molar-refractivity contribution in [3.8, 4) is 5.82 Å². The number of nitrogens with zero attached hydrogens (tertiary/aromatic N) is 3. The molecule has 23 heavy (non-hydrogen) atoms. The Bertz CT molecular complexity index is 970. The summed E-state index contributed by atoms with van der Waals surface area (Å²) in [4.78, 5) is 8.75. The van der Waals surface area contributed by atoms with Gasteiger partial charge in [-0.3, -0.25) is 9.55 Å². The van der Waals surface area contributed by atoms with E-state index in [1.165, 1.54) is 0 Å². The van der Waals surface area contributed by atoms with Crippen LogP contribution in [0.4, 0.5) is 5.69 Å². The first-order valence-corrected chi connectivity index (χ1v) is 7.80. The molecule has 0 spiro atoms. The smallest absolute Gasteiger partial charge is 0.137 e. The third-order valence-electron chi connectivity index (χ3n) is 3.89. The summed E-state index contributed by atoms with van der Waals surface area (Å²) in [7, 11) is 0. The van der Waals surface area contributed by atoms with Crippen molar-refractivity contribution >= 4 is 27.4 Å². The summed E-state index contributed by atoms with van der Waals surface area (Å²) in [5, 5.41) is 3.23. The largest absolute Gasteiger partial charge is 0.398 e. The van der Waals surface area contributed by atoms with Crippen molar-refractivity contribution in [3.63, 3.8) is 0 Å². The van der Waals surface area contributed by atoms with Gasteiger partial charge in [0.15, 0.2) is 0 Å². The van der Waals surface area contributed by atoms with Gasteiger partial charge < -0.3 is 5.73 Å². The van der Waals surface area contributed by atoms with E-state index >= 15 is 0 Å². The minimum Gasteiger partial charge on any atom is -0.398 e. The van der Waals surface area contributed by atoms with Crippen LogP contribution >= 0.6 is 0 Å². The summed E-state index contributed by atoms with van der Waals surface area (Å²) >= 11 is 0. The molecule has 0 saturated heterocycles. The molecule has 116 valence electrons. The molecule has 0 aliphatic carbocycles. The molecule has 3 heterocycles. The molecule has 0 unspecified atom stereocenters. The molecular weight excluding hydrogens is 284 g/mol. The lowest BCUT2D eigenvalue weighted by atomic mass is 10.1. The van der Waals surface area contributed by atoms with E-state index in [0.717, 1.165) is 38.7 Å². The standard InChI is InChI=1S/C17H14N4.C2H6/c1-11-2-3-13-8-16(20-9-14(13)17(11)18)21-7-5-12-4-6-19-10-15(12)21;1-2/h2-10H,18H2,1H3;1-2H3. The zero-order chi connectivity index (χ0) is 16.4. The topological polar surface area (TPSA) is 56.7 Å². The van der Waals surface area contributed by atoms with E-state index in [1.807, 2.05) is 56.1 Å². The highest BCUT2D eigenvalue weighted by Crippen LogP contribution is 2.26. The van der Waals surface area contributed by atoms with Crippen LogP contribution < -0.4 is 5.73 Å². The third-order valence-corrected chi connectivity index (χ3v) is 3.89. The molecule has 0 amide bonds. The first kappa shape index (κ1) is 15.0. The second-order valence-corrected chi connectivity index (χ2v) is 5.18. The van der Waals surface area contributed by atoms with Gasteiger partial charge in [-0.2, -0.15) is 0 Å². The van der Waals surface area contributed by atoms with Gasteiger partial charge in [-0.25, -0.2) is 4.98 Å². The van der Waals surface area contributed by atoms with Gasteiger partial charge in [0.1, 0.15) is 5.82 Å². The predicted octanol–water partition coefficient (Wildman–Crippen LogP) is 4.49. The molecule has 0 bridgehead atoms. The van der Waals surface area contributed by atoms with Gasteiger partial charge in [0.25, 0.3) is 0 Å². The average Bonchev–Trinajstić information content (AvgIpc) is 3.04. The van der Waals surface area contributed by atoms with Crippen LogP contribution in [0.2, 0.25) is 0 Å². The second kappa shape index (κ2) is 6.08. The zero-order valence-electron chi connectivity index (χ0n) is 13.6. The van der Waals surface area contributed by atoms with Gasteiger partial charge in [-0.05, 0) is 36.1 Å². The van der Waals surface area contributed by atoms with Gasteiger partial charge in [0.2, 0.25) is 0 Å². The fourth-order valence-electron chi connectivity index (χ4n) is 2.65. The summed E-state index contributed by atoms with van der Waals surface area (Å²) < 4.78 is 2.04. The van der Waals surface area contributed by atoms with E-state index in [2.05, 4.69) is 28.2 Å².